The monoisotopic (exact) mass is 502 g/mol. The van der Waals surface area contributed by atoms with Crippen molar-refractivity contribution < 1.29 is 4.74 Å². The van der Waals surface area contributed by atoms with Crippen molar-refractivity contribution in [3.8, 4) is 23.4 Å². The third kappa shape index (κ3) is 3.41. The SMILES string of the molecule is c1cc(Oc2cccc(-n3c4ccccc4c4ccccc43)n2)nc(-n2c3ccccc3c3ccccc32)c1. The zero-order valence-electron chi connectivity index (χ0n) is 20.9. The molecule has 8 aromatic rings. The van der Waals surface area contributed by atoms with Crippen LogP contribution < -0.4 is 4.74 Å². The van der Waals surface area contributed by atoms with Gasteiger partial charge in [0.2, 0.25) is 11.8 Å². The molecule has 5 nitrogen and oxygen atoms in total. The molecule has 0 spiro atoms. The second-order valence-electron chi connectivity index (χ2n) is 9.51. The summed E-state index contributed by atoms with van der Waals surface area (Å²) >= 11 is 0. The van der Waals surface area contributed by atoms with Crippen LogP contribution in [0.4, 0.5) is 0 Å². The van der Waals surface area contributed by atoms with Gasteiger partial charge in [-0.15, -0.1) is 0 Å². The van der Waals surface area contributed by atoms with Crippen LogP contribution in [0.1, 0.15) is 0 Å². The van der Waals surface area contributed by atoms with Crippen molar-refractivity contribution >= 4 is 43.6 Å². The number of hydrogen-bond donors (Lipinski definition) is 0. The number of aromatic nitrogens is 4. The minimum absolute atomic E-state index is 0.487. The van der Waals surface area contributed by atoms with E-state index >= 15 is 0 Å². The van der Waals surface area contributed by atoms with Crippen LogP contribution in [0.25, 0.3) is 55.2 Å². The number of benzene rings is 4. The molecule has 4 aromatic carbocycles. The van der Waals surface area contributed by atoms with E-state index in [0.717, 1.165) is 33.7 Å². The molecule has 0 N–H and O–H groups in total. The molecule has 0 bridgehead atoms. The number of hydrogen-bond acceptors (Lipinski definition) is 3. The Morgan fingerprint density at radius 1 is 0.359 bits per heavy atom. The second-order valence-corrected chi connectivity index (χ2v) is 9.51. The Kier molecular flexibility index (Phi) is 4.76. The molecule has 0 fully saturated rings. The molecule has 4 heterocycles. The zero-order valence-corrected chi connectivity index (χ0v) is 20.9. The lowest BCUT2D eigenvalue weighted by Gasteiger charge is -2.11. The molecule has 0 aliphatic carbocycles. The summed E-state index contributed by atoms with van der Waals surface area (Å²) in [5.41, 5.74) is 4.43. The maximum atomic E-state index is 6.26. The van der Waals surface area contributed by atoms with Crippen molar-refractivity contribution in [1.29, 1.82) is 0 Å². The zero-order chi connectivity index (χ0) is 25.8. The molecule has 39 heavy (non-hydrogen) atoms. The summed E-state index contributed by atoms with van der Waals surface area (Å²) in [5.74, 6) is 2.56. The Balaban J connectivity index is 1.22. The van der Waals surface area contributed by atoms with Gasteiger partial charge >= 0.3 is 0 Å². The van der Waals surface area contributed by atoms with Gasteiger partial charge in [0.05, 0.1) is 22.1 Å². The molecule has 0 aliphatic heterocycles. The highest BCUT2D eigenvalue weighted by Crippen LogP contribution is 2.33. The largest absolute Gasteiger partial charge is 0.421 e. The smallest absolute Gasteiger partial charge is 0.223 e. The van der Waals surface area contributed by atoms with E-state index in [0.29, 0.717) is 11.8 Å². The van der Waals surface area contributed by atoms with Crippen LogP contribution in [-0.2, 0) is 0 Å². The number of nitrogens with zero attached hydrogens (tertiary/aromatic N) is 4. The highest BCUT2D eigenvalue weighted by Gasteiger charge is 2.15. The van der Waals surface area contributed by atoms with Gasteiger partial charge in [0, 0.05) is 33.7 Å². The van der Waals surface area contributed by atoms with Crippen molar-refractivity contribution in [2.75, 3.05) is 0 Å². The quantitative estimate of drug-likeness (QED) is 0.242. The van der Waals surface area contributed by atoms with E-state index in [1.807, 2.05) is 36.4 Å². The lowest BCUT2D eigenvalue weighted by molar-refractivity contribution is 0.443. The number of para-hydroxylation sites is 4. The molecular weight excluding hydrogens is 480 g/mol. The molecule has 0 saturated heterocycles. The van der Waals surface area contributed by atoms with Crippen LogP contribution in [0.15, 0.2) is 133 Å². The number of fused-ring (bicyclic) bond motifs is 6. The van der Waals surface area contributed by atoms with Crippen LogP contribution in [0.2, 0.25) is 0 Å². The van der Waals surface area contributed by atoms with Crippen molar-refractivity contribution in [2.45, 2.75) is 0 Å². The summed E-state index contributed by atoms with van der Waals surface area (Å²) in [6.07, 6.45) is 0. The van der Waals surface area contributed by atoms with Crippen molar-refractivity contribution in [3.63, 3.8) is 0 Å². The van der Waals surface area contributed by atoms with Crippen LogP contribution in [0.3, 0.4) is 0 Å². The summed E-state index contributed by atoms with van der Waals surface area (Å²) in [5, 5.41) is 4.78. The summed E-state index contributed by atoms with van der Waals surface area (Å²) in [7, 11) is 0. The summed E-state index contributed by atoms with van der Waals surface area (Å²) < 4.78 is 10.6. The predicted octanol–water partition coefficient (Wildman–Crippen LogP) is 8.46. The first kappa shape index (κ1) is 21.6. The Bertz CT molecular complexity index is 1910. The fourth-order valence-corrected chi connectivity index (χ4v) is 5.62. The fourth-order valence-electron chi connectivity index (χ4n) is 5.62. The van der Waals surface area contributed by atoms with Crippen LogP contribution in [0.5, 0.6) is 11.8 Å². The van der Waals surface area contributed by atoms with Gasteiger partial charge in [-0.05, 0) is 36.4 Å². The highest BCUT2D eigenvalue weighted by molar-refractivity contribution is 6.10. The highest BCUT2D eigenvalue weighted by atomic mass is 16.5. The van der Waals surface area contributed by atoms with Gasteiger partial charge in [-0.25, -0.2) is 0 Å². The molecule has 0 saturated carbocycles. The molecule has 184 valence electrons. The fraction of sp³-hybridized carbons (Fsp3) is 0. The Hall–Kier alpha value is -5.42. The third-order valence-corrected chi connectivity index (χ3v) is 7.25. The standard InChI is InChI=1S/C34H22N4O/c1-5-15-27-23(11-1)24-12-2-6-16-28(24)37(27)31-19-9-21-33(35-31)39-34-22-10-20-32(36-34)38-29-17-7-3-13-25(29)26-14-4-8-18-30(26)38/h1-22H. The molecule has 0 unspecified atom stereocenters. The molecule has 5 heteroatoms. The Morgan fingerprint density at radius 2 is 0.692 bits per heavy atom. The van der Waals surface area contributed by atoms with Gasteiger partial charge in [-0.2, -0.15) is 9.97 Å². The minimum atomic E-state index is 0.487. The van der Waals surface area contributed by atoms with Gasteiger partial charge < -0.3 is 4.74 Å². The number of ether oxygens (including phenoxy) is 1. The van der Waals surface area contributed by atoms with E-state index in [2.05, 4.69) is 106 Å². The first-order chi connectivity index (χ1) is 19.3. The molecule has 8 rings (SSSR count). The maximum Gasteiger partial charge on any atom is 0.223 e. The van der Waals surface area contributed by atoms with Gasteiger partial charge in [0.25, 0.3) is 0 Å². The summed E-state index contributed by atoms with van der Waals surface area (Å²) in [6, 6.07) is 45.3. The lowest BCUT2D eigenvalue weighted by Crippen LogP contribution is -2.01. The lowest BCUT2D eigenvalue weighted by atomic mass is 10.2. The first-order valence-electron chi connectivity index (χ1n) is 12.9. The minimum Gasteiger partial charge on any atom is -0.421 e. The van der Waals surface area contributed by atoms with Crippen LogP contribution >= 0.6 is 0 Å². The van der Waals surface area contributed by atoms with Gasteiger partial charge in [0.15, 0.2) is 0 Å². The van der Waals surface area contributed by atoms with Crippen LogP contribution in [0, 0.1) is 0 Å². The first-order valence-corrected chi connectivity index (χ1v) is 12.9. The topological polar surface area (TPSA) is 44.9 Å². The molecule has 4 aromatic heterocycles. The van der Waals surface area contributed by atoms with E-state index in [-0.39, 0.29) is 0 Å². The van der Waals surface area contributed by atoms with Crippen LogP contribution in [-0.4, -0.2) is 19.1 Å². The van der Waals surface area contributed by atoms with Gasteiger partial charge in [0.1, 0.15) is 11.6 Å². The molecular formula is C34H22N4O. The second kappa shape index (κ2) is 8.57. The van der Waals surface area contributed by atoms with E-state index in [9.17, 15) is 0 Å². The van der Waals surface area contributed by atoms with E-state index in [1.54, 1.807) is 0 Å². The van der Waals surface area contributed by atoms with Gasteiger partial charge in [-0.1, -0.05) is 84.9 Å². The predicted molar refractivity (Wildman–Crippen MR) is 157 cm³/mol. The van der Waals surface area contributed by atoms with Gasteiger partial charge in [-0.3, -0.25) is 9.13 Å². The number of pyridine rings is 2. The maximum absolute atomic E-state index is 6.26. The molecule has 0 atom stereocenters. The summed E-state index contributed by atoms with van der Waals surface area (Å²) in [4.78, 5) is 9.79. The Labute approximate surface area is 224 Å². The summed E-state index contributed by atoms with van der Waals surface area (Å²) in [6.45, 7) is 0. The molecule has 0 aliphatic rings. The van der Waals surface area contributed by atoms with E-state index in [1.165, 1.54) is 21.5 Å². The van der Waals surface area contributed by atoms with E-state index in [4.69, 9.17) is 14.7 Å². The number of rotatable bonds is 4. The average molecular weight is 503 g/mol. The Morgan fingerprint density at radius 3 is 1.05 bits per heavy atom. The normalized spacial score (nSPS) is 11.6. The van der Waals surface area contributed by atoms with E-state index < -0.39 is 0 Å². The van der Waals surface area contributed by atoms with Crippen molar-refractivity contribution in [3.05, 3.63) is 133 Å². The molecule has 0 amide bonds. The molecule has 0 radical (unpaired) electrons. The third-order valence-electron chi connectivity index (χ3n) is 7.25. The van der Waals surface area contributed by atoms with Crippen molar-refractivity contribution in [1.82, 2.24) is 19.1 Å². The average Bonchev–Trinajstić information content (AvgIpc) is 3.51. The van der Waals surface area contributed by atoms with Crippen molar-refractivity contribution in [2.24, 2.45) is 0 Å².